The molecule has 0 saturated carbocycles. The first-order valence-electron chi connectivity index (χ1n) is 4.03. The number of benzene rings is 1. The van der Waals surface area contributed by atoms with Crippen molar-refractivity contribution in [3.8, 4) is 0 Å². The molecular weight excluding hydrogens is 343 g/mol. The van der Waals surface area contributed by atoms with Crippen molar-refractivity contribution in [2.75, 3.05) is 0 Å². The van der Waals surface area contributed by atoms with Gasteiger partial charge in [-0.15, -0.1) is 0 Å². The van der Waals surface area contributed by atoms with Gasteiger partial charge in [0, 0.05) is 21.3 Å². The number of nitro groups is 1. The zero-order valence-electron chi connectivity index (χ0n) is 7.88. The van der Waals surface area contributed by atoms with Crippen molar-refractivity contribution in [2.24, 2.45) is 10.8 Å². The fourth-order valence-corrected chi connectivity index (χ4v) is 1.59. The van der Waals surface area contributed by atoms with Gasteiger partial charge in [-0.25, -0.2) is 0 Å². The Morgan fingerprint density at radius 2 is 2.38 bits per heavy atom. The average Bonchev–Trinajstić information content (AvgIpc) is 2.19. The third-order valence-electron chi connectivity index (χ3n) is 1.57. The number of nitrogens with zero attached hydrogens (tertiary/aromatic N) is 2. The average molecular weight is 350 g/mol. The Kier molecular flexibility index (Phi) is 4.55. The summed E-state index contributed by atoms with van der Waals surface area (Å²) in [6.45, 7) is 0. The second kappa shape index (κ2) is 5.70. The fraction of sp³-hybridized carbons (Fsp3) is 0. The molecule has 0 radical (unpaired) electrons. The van der Waals surface area contributed by atoms with Crippen LogP contribution in [0.25, 0.3) is 0 Å². The minimum Gasteiger partial charge on any atom is -0.375 e. The van der Waals surface area contributed by atoms with Gasteiger partial charge < -0.3 is 5.73 Å². The number of rotatable bonds is 3. The molecule has 0 unspecified atom stereocenters. The minimum absolute atomic E-state index is 0.0452. The molecule has 1 aromatic carbocycles. The lowest BCUT2D eigenvalue weighted by Gasteiger charge is -1.98. The highest BCUT2D eigenvalue weighted by molar-refractivity contribution is 14.1. The van der Waals surface area contributed by atoms with E-state index in [1.165, 1.54) is 18.3 Å². The molecule has 1 rings (SSSR count). The molecule has 0 aromatic heterocycles. The lowest BCUT2D eigenvalue weighted by Crippen LogP contribution is -2.24. The highest BCUT2D eigenvalue weighted by Gasteiger charge is 2.07. The third kappa shape index (κ3) is 3.70. The van der Waals surface area contributed by atoms with E-state index in [0.29, 0.717) is 0 Å². The molecule has 0 fully saturated rings. The summed E-state index contributed by atoms with van der Waals surface area (Å²) >= 11 is 6.55. The maximum Gasteiger partial charge on any atom is 0.270 e. The minimum atomic E-state index is -0.448. The van der Waals surface area contributed by atoms with Crippen molar-refractivity contribution < 1.29 is 4.92 Å². The van der Waals surface area contributed by atoms with Crippen LogP contribution in [0.5, 0.6) is 0 Å². The van der Waals surface area contributed by atoms with Crippen LogP contribution in [0.15, 0.2) is 23.3 Å². The SMILES string of the molecule is NC(=S)NN=Cc1ccc([N+](=O)[O-])cc1I. The monoisotopic (exact) mass is 350 g/mol. The number of hydrogen-bond donors (Lipinski definition) is 2. The summed E-state index contributed by atoms with van der Waals surface area (Å²) in [6.07, 6.45) is 1.49. The molecule has 0 aliphatic heterocycles. The largest absolute Gasteiger partial charge is 0.375 e. The smallest absolute Gasteiger partial charge is 0.270 e. The van der Waals surface area contributed by atoms with E-state index in [-0.39, 0.29) is 10.8 Å². The van der Waals surface area contributed by atoms with Crippen molar-refractivity contribution in [2.45, 2.75) is 0 Å². The van der Waals surface area contributed by atoms with E-state index in [2.05, 4.69) is 22.7 Å². The number of nitrogens with one attached hydrogen (secondary N) is 1. The van der Waals surface area contributed by atoms with Crippen LogP contribution in [0.3, 0.4) is 0 Å². The molecule has 8 heteroatoms. The zero-order valence-corrected chi connectivity index (χ0v) is 10.9. The van der Waals surface area contributed by atoms with Crippen LogP contribution >= 0.6 is 34.8 Å². The Bertz CT molecular complexity index is 463. The quantitative estimate of drug-likeness (QED) is 0.282. The molecule has 0 aliphatic carbocycles. The van der Waals surface area contributed by atoms with Gasteiger partial charge in [-0.1, -0.05) is 0 Å². The van der Waals surface area contributed by atoms with Crippen molar-refractivity contribution in [3.63, 3.8) is 0 Å². The lowest BCUT2D eigenvalue weighted by atomic mass is 10.2. The summed E-state index contributed by atoms with van der Waals surface area (Å²) in [4.78, 5) is 10.0. The van der Waals surface area contributed by atoms with Gasteiger partial charge in [0.15, 0.2) is 5.11 Å². The van der Waals surface area contributed by atoms with Crippen molar-refractivity contribution in [1.29, 1.82) is 0 Å². The summed E-state index contributed by atoms with van der Waals surface area (Å²) in [7, 11) is 0. The summed E-state index contributed by atoms with van der Waals surface area (Å²) in [5.41, 5.74) is 8.36. The number of hydrogen-bond acceptors (Lipinski definition) is 4. The van der Waals surface area contributed by atoms with E-state index in [1.807, 2.05) is 22.6 Å². The highest BCUT2D eigenvalue weighted by Crippen LogP contribution is 2.18. The molecule has 0 heterocycles. The predicted molar refractivity (Wildman–Crippen MR) is 73.3 cm³/mol. The summed E-state index contributed by atoms with van der Waals surface area (Å²) in [5.74, 6) is 0. The van der Waals surface area contributed by atoms with E-state index < -0.39 is 4.92 Å². The maximum absolute atomic E-state index is 10.5. The third-order valence-corrected chi connectivity index (χ3v) is 2.60. The van der Waals surface area contributed by atoms with E-state index >= 15 is 0 Å². The molecular formula is C8H7IN4O2S. The highest BCUT2D eigenvalue weighted by atomic mass is 127. The van der Waals surface area contributed by atoms with E-state index in [4.69, 9.17) is 5.73 Å². The maximum atomic E-state index is 10.5. The van der Waals surface area contributed by atoms with Crippen LogP contribution in [0.4, 0.5) is 5.69 Å². The molecule has 0 aliphatic rings. The second-order valence-electron chi connectivity index (χ2n) is 2.70. The first-order chi connectivity index (χ1) is 7.50. The molecule has 0 bridgehead atoms. The first-order valence-corrected chi connectivity index (χ1v) is 5.52. The van der Waals surface area contributed by atoms with Crippen molar-refractivity contribution >= 4 is 51.8 Å². The van der Waals surface area contributed by atoms with Gasteiger partial charge in [0.05, 0.1) is 11.1 Å². The van der Waals surface area contributed by atoms with E-state index in [0.717, 1.165) is 9.13 Å². The number of hydrazone groups is 1. The van der Waals surface area contributed by atoms with Crippen LogP contribution < -0.4 is 11.2 Å². The molecule has 1 aromatic rings. The molecule has 0 atom stereocenters. The molecule has 0 saturated heterocycles. The van der Waals surface area contributed by atoms with Crippen molar-refractivity contribution in [1.82, 2.24) is 5.43 Å². The van der Waals surface area contributed by atoms with Gasteiger partial charge in [0.25, 0.3) is 5.69 Å². The van der Waals surface area contributed by atoms with Gasteiger partial charge in [0.2, 0.25) is 0 Å². The van der Waals surface area contributed by atoms with Crippen LogP contribution in [0.1, 0.15) is 5.56 Å². The first kappa shape index (κ1) is 12.8. The summed E-state index contributed by atoms with van der Waals surface area (Å²) in [6, 6.07) is 4.47. The Hall–Kier alpha value is -1.29. The van der Waals surface area contributed by atoms with Crippen LogP contribution in [0.2, 0.25) is 0 Å². The number of halogens is 1. The van der Waals surface area contributed by atoms with Gasteiger partial charge >= 0.3 is 0 Å². The molecule has 6 nitrogen and oxygen atoms in total. The number of nitro benzene ring substituents is 1. The summed E-state index contributed by atoms with van der Waals surface area (Å²) < 4.78 is 0.722. The van der Waals surface area contributed by atoms with E-state index in [1.54, 1.807) is 6.07 Å². The number of thiocarbonyl (C=S) groups is 1. The van der Waals surface area contributed by atoms with Gasteiger partial charge in [-0.05, 0) is 40.9 Å². The normalized spacial score (nSPS) is 10.3. The number of nitrogens with two attached hydrogens (primary N) is 1. The molecule has 16 heavy (non-hydrogen) atoms. The fourth-order valence-electron chi connectivity index (χ4n) is 0.900. The number of non-ortho nitro benzene ring substituents is 1. The summed E-state index contributed by atoms with van der Waals surface area (Å²) in [5, 5.41) is 14.3. The van der Waals surface area contributed by atoms with Gasteiger partial charge in [0.1, 0.15) is 0 Å². The Labute approximate surface area is 110 Å². The molecule has 0 amide bonds. The van der Waals surface area contributed by atoms with Gasteiger partial charge in [-0.3, -0.25) is 15.5 Å². The van der Waals surface area contributed by atoms with Gasteiger partial charge in [-0.2, -0.15) is 5.10 Å². The predicted octanol–water partition coefficient (Wildman–Crippen LogP) is 1.37. The molecule has 84 valence electrons. The van der Waals surface area contributed by atoms with Crippen LogP contribution in [0, 0.1) is 13.7 Å². The molecule has 3 N–H and O–H groups in total. The Balaban J connectivity index is 2.87. The Morgan fingerprint density at radius 3 is 2.88 bits per heavy atom. The van der Waals surface area contributed by atoms with E-state index in [9.17, 15) is 10.1 Å². The topological polar surface area (TPSA) is 93.5 Å². The second-order valence-corrected chi connectivity index (χ2v) is 4.30. The Morgan fingerprint density at radius 1 is 1.69 bits per heavy atom. The lowest BCUT2D eigenvalue weighted by molar-refractivity contribution is -0.384. The van der Waals surface area contributed by atoms with Crippen LogP contribution in [-0.4, -0.2) is 16.3 Å². The standard InChI is InChI=1S/C8H7IN4O2S/c9-7-3-6(13(14)15)2-1-5(7)4-11-12-8(10)16/h1-4H,(H3,10,12,16). The molecule has 0 spiro atoms. The van der Waals surface area contributed by atoms with Crippen LogP contribution in [-0.2, 0) is 0 Å². The zero-order chi connectivity index (χ0) is 12.1. The van der Waals surface area contributed by atoms with Crippen molar-refractivity contribution in [3.05, 3.63) is 37.4 Å².